The minimum atomic E-state index is 0.161. The second-order valence-electron chi connectivity index (χ2n) is 5.07. The van der Waals surface area contributed by atoms with E-state index in [4.69, 9.17) is 9.05 Å². The maximum atomic E-state index is 5.38. The van der Waals surface area contributed by atoms with Crippen LogP contribution >= 0.6 is 11.8 Å². The van der Waals surface area contributed by atoms with Gasteiger partial charge in [-0.3, -0.25) is 4.90 Å². The Hall–Kier alpha value is -1.41. The van der Waals surface area contributed by atoms with Gasteiger partial charge in [-0.05, 0) is 25.6 Å². The van der Waals surface area contributed by atoms with Gasteiger partial charge < -0.3 is 9.05 Å². The molecule has 0 saturated carbocycles. The zero-order valence-electron chi connectivity index (χ0n) is 12.3. The highest BCUT2D eigenvalue weighted by Gasteiger charge is 2.31. The summed E-state index contributed by atoms with van der Waals surface area (Å²) >= 11 is 1.68. The zero-order chi connectivity index (χ0) is 14.7. The average molecular weight is 309 g/mol. The largest absolute Gasteiger partial charge is 0.338 e. The molecular weight excluding hydrogens is 290 g/mol. The first-order valence-corrected chi connectivity index (χ1v) is 8.56. The van der Waals surface area contributed by atoms with E-state index in [-0.39, 0.29) is 6.04 Å². The van der Waals surface area contributed by atoms with E-state index in [0.717, 1.165) is 43.2 Å². The van der Waals surface area contributed by atoms with E-state index in [0.29, 0.717) is 18.3 Å². The lowest BCUT2D eigenvalue weighted by Gasteiger charge is -2.18. The smallest absolute Gasteiger partial charge is 0.244 e. The maximum Gasteiger partial charge on any atom is 0.244 e. The Kier molecular flexibility index (Phi) is 4.54. The van der Waals surface area contributed by atoms with E-state index >= 15 is 0 Å². The van der Waals surface area contributed by atoms with Crippen molar-refractivity contribution in [2.45, 2.75) is 44.5 Å². The summed E-state index contributed by atoms with van der Waals surface area (Å²) in [4.78, 5) is 11.1. The molecule has 2 aromatic rings. The SMILES string of the molecule is CCc1noc([C@@H]2CCCN2Cc2nc(CSC)no2)n1. The van der Waals surface area contributed by atoms with Crippen molar-refractivity contribution in [3.05, 3.63) is 23.4 Å². The summed E-state index contributed by atoms with van der Waals surface area (Å²) in [5, 5.41) is 7.96. The molecule has 21 heavy (non-hydrogen) atoms. The van der Waals surface area contributed by atoms with Crippen molar-refractivity contribution in [2.75, 3.05) is 12.8 Å². The summed E-state index contributed by atoms with van der Waals surface area (Å²) in [7, 11) is 0. The summed E-state index contributed by atoms with van der Waals surface area (Å²) in [6, 6.07) is 0.161. The van der Waals surface area contributed by atoms with E-state index in [1.807, 2.05) is 13.2 Å². The van der Waals surface area contributed by atoms with Crippen LogP contribution in [0.5, 0.6) is 0 Å². The van der Waals surface area contributed by atoms with Gasteiger partial charge in [-0.2, -0.15) is 21.7 Å². The third kappa shape index (κ3) is 3.26. The van der Waals surface area contributed by atoms with Crippen molar-refractivity contribution in [3.8, 4) is 0 Å². The van der Waals surface area contributed by atoms with Crippen LogP contribution in [0, 0.1) is 0 Å². The number of thioether (sulfide) groups is 1. The van der Waals surface area contributed by atoms with Gasteiger partial charge in [0.05, 0.1) is 18.3 Å². The first kappa shape index (κ1) is 14.5. The fourth-order valence-corrected chi connectivity index (χ4v) is 2.93. The predicted molar refractivity (Wildman–Crippen MR) is 77.6 cm³/mol. The van der Waals surface area contributed by atoms with Crippen molar-refractivity contribution >= 4 is 11.8 Å². The van der Waals surface area contributed by atoms with Crippen LogP contribution in [0.25, 0.3) is 0 Å². The third-order valence-electron chi connectivity index (χ3n) is 3.57. The average Bonchev–Trinajstić information content (AvgIpc) is 3.20. The molecule has 0 bridgehead atoms. The van der Waals surface area contributed by atoms with Crippen molar-refractivity contribution < 1.29 is 9.05 Å². The molecule has 2 aromatic heterocycles. The molecule has 1 aliphatic rings. The summed E-state index contributed by atoms with van der Waals surface area (Å²) in [6.07, 6.45) is 4.95. The van der Waals surface area contributed by atoms with Crippen LogP contribution in [0.4, 0.5) is 0 Å². The molecule has 3 heterocycles. The quantitative estimate of drug-likeness (QED) is 0.803. The van der Waals surface area contributed by atoms with Crippen LogP contribution in [0.15, 0.2) is 9.05 Å². The molecule has 1 atom stereocenters. The highest BCUT2D eigenvalue weighted by Crippen LogP contribution is 2.32. The Morgan fingerprint density at radius 1 is 1.24 bits per heavy atom. The molecule has 1 fully saturated rings. The van der Waals surface area contributed by atoms with Crippen molar-refractivity contribution in [1.29, 1.82) is 0 Å². The molecule has 0 spiro atoms. The number of aromatic nitrogens is 4. The van der Waals surface area contributed by atoms with Crippen molar-refractivity contribution in [1.82, 2.24) is 25.2 Å². The van der Waals surface area contributed by atoms with Crippen LogP contribution in [0.3, 0.4) is 0 Å². The van der Waals surface area contributed by atoms with Gasteiger partial charge in [-0.25, -0.2) is 0 Å². The van der Waals surface area contributed by atoms with Gasteiger partial charge in [0.2, 0.25) is 11.8 Å². The van der Waals surface area contributed by atoms with Crippen LogP contribution in [0.2, 0.25) is 0 Å². The molecule has 0 unspecified atom stereocenters. The van der Waals surface area contributed by atoms with Crippen molar-refractivity contribution in [2.24, 2.45) is 0 Å². The fraction of sp³-hybridized carbons (Fsp3) is 0.692. The molecule has 1 aliphatic heterocycles. The lowest BCUT2D eigenvalue weighted by Crippen LogP contribution is -2.23. The Labute approximate surface area is 127 Å². The monoisotopic (exact) mass is 309 g/mol. The minimum Gasteiger partial charge on any atom is -0.338 e. The van der Waals surface area contributed by atoms with Crippen LogP contribution in [0.1, 0.15) is 49.2 Å². The number of likely N-dealkylation sites (tertiary alicyclic amines) is 1. The summed E-state index contributed by atoms with van der Waals surface area (Å²) < 4.78 is 10.7. The van der Waals surface area contributed by atoms with Crippen LogP contribution in [-0.2, 0) is 18.7 Å². The maximum absolute atomic E-state index is 5.38. The molecule has 0 amide bonds. The lowest BCUT2D eigenvalue weighted by molar-refractivity contribution is 0.179. The number of rotatable bonds is 6. The molecule has 1 saturated heterocycles. The number of nitrogens with zero attached hydrogens (tertiary/aromatic N) is 5. The molecule has 0 radical (unpaired) electrons. The molecule has 114 valence electrons. The van der Waals surface area contributed by atoms with Gasteiger partial charge in [0.25, 0.3) is 0 Å². The normalized spacial score (nSPS) is 19.4. The summed E-state index contributed by atoms with van der Waals surface area (Å²) in [6.45, 7) is 3.64. The van der Waals surface area contributed by atoms with E-state index in [1.165, 1.54) is 0 Å². The van der Waals surface area contributed by atoms with Gasteiger partial charge >= 0.3 is 0 Å². The van der Waals surface area contributed by atoms with E-state index in [2.05, 4.69) is 25.2 Å². The topological polar surface area (TPSA) is 81.1 Å². The third-order valence-corrected chi connectivity index (χ3v) is 4.12. The lowest BCUT2D eigenvalue weighted by atomic mass is 10.2. The van der Waals surface area contributed by atoms with Gasteiger partial charge in [0.1, 0.15) is 0 Å². The first-order valence-electron chi connectivity index (χ1n) is 7.17. The molecule has 0 aromatic carbocycles. The van der Waals surface area contributed by atoms with Crippen LogP contribution in [-0.4, -0.2) is 38.0 Å². The fourth-order valence-electron chi connectivity index (χ4n) is 2.56. The summed E-state index contributed by atoms with van der Waals surface area (Å²) in [5.74, 6) is 3.64. The van der Waals surface area contributed by atoms with Crippen LogP contribution < -0.4 is 0 Å². The molecule has 7 nitrogen and oxygen atoms in total. The second kappa shape index (κ2) is 6.57. The van der Waals surface area contributed by atoms with E-state index < -0.39 is 0 Å². The van der Waals surface area contributed by atoms with Gasteiger partial charge in [0, 0.05) is 6.42 Å². The minimum absolute atomic E-state index is 0.161. The summed E-state index contributed by atoms with van der Waals surface area (Å²) in [5.41, 5.74) is 0. The Morgan fingerprint density at radius 3 is 2.86 bits per heavy atom. The van der Waals surface area contributed by atoms with Gasteiger partial charge in [-0.15, -0.1) is 0 Å². The first-order chi connectivity index (χ1) is 10.3. The molecule has 3 rings (SSSR count). The predicted octanol–water partition coefficient (Wildman–Crippen LogP) is 2.22. The number of hydrogen-bond donors (Lipinski definition) is 0. The Balaban J connectivity index is 1.68. The van der Waals surface area contributed by atoms with E-state index in [9.17, 15) is 0 Å². The number of hydrogen-bond acceptors (Lipinski definition) is 8. The number of aryl methyl sites for hydroxylation is 1. The van der Waals surface area contributed by atoms with Crippen molar-refractivity contribution in [3.63, 3.8) is 0 Å². The molecular formula is C13H19N5O2S. The molecule has 0 N–H and O–H groups in total. The van der Waals surface area contributed by atoms with E-state index in [1.54, 1.807) is 11.8 Å². The highest BCUT2D eigenvalue weighted by molar-refractivity contribution is 7.97. The Morgan fingerprint density at radius 2 is 2.10 bits per heavy atom. The zero-order valence-corrected chi connectivity index (χ0v) is 13.1. The standard InChI is InChI=1S/C13H19N5O2S/c1-3-10-15-13(20-16-10)9-5-4-6-18(9)7-12-14-11(8-21-2)17-19-12/h9H,3-8H2,1-2H3/t9-/m0/s1. The molecule has 0 aliphatic carbocycles. The second-order valence-corrected chi connectivity index (χ2v) is 5.93. The van der Waals surface area contributed by atoms with Gasteiger partial charge in [0.15, 0.2) is 11.6 Å². The van der Waals surface area contributed by atoms with Gasteiger partial charge in [-0.1, -0.05) is 17.2 Å². The molecule has 8 heteroatoms. The Bertz CT molecular complexity index is 585. The highest BCUT2D eigenvalue weighted by atomic mass is 32.2.